The van der Waals surface area contributed by atoms with Crippen molar-refractivity contribution in [1.29, 1.82) is 0 Å². The molecular formula is C17H22N4O2S2. The first kappa shape index (κ1) is 18.2. The third-order valence-corrected chi connectivity index (χ3v) is 6.37. The van der Waals surface area contributed by atoms with Gasteiger partial charge in [-0.05, 0) is 17.9 Å². The van der Waals surface area contributed by atoms with Gasteiger partial charge in [0.2, 0.25) is 10.0 Å². The van der Waals surface area contributed by atoms with E-state index in [1.165, 1.54) is 16.1 Å². The zero-order valence-electron chi connectivity index (χ0n) is 14.1. The minimum Gasteiger partial charge on any atom is -0.368 e. The normalized spacial score (nSPS) is 18.4. The fourth-order valence-electron chi connectivity index (χ4n) is 2.75. The number of aromatic nitrogens is 2. The van der Waals surface area contributed by atoms with Crippen molar-refractivity contribution in [3.05, 3.63) is 48.3 Å². The topological polar surface area (TPSA) is 75.2 Å². The quantitative estimate of drug-likeness (QED) is 0.746. The summed E-state index contributed by atoms with van der Waals surface area (Å²) in [7, 11) is -3.08. The molecule has 1 aromatic heterocycles. The SMILES string of the molecule is CS(=O)(=O)N1CCC(CNc2cncc(SCc3ccccc3)n2)C1. The van der Waals surface area contributed by atoms with Crippen LogP contribution in [0.25, 0.3) is 0 Å². The van der Waals surface area contributed by atoms with Crippen molar-refractivity contribution in [2.24, 2.45) is 5.92 Å². The van der Waals surface area contributed by atoms with E-state index in [1.807, 2.05) is 18.2 Å². The lowest BCUT2D eigenvalue weighted by Crippen LogP contribution is -2.28. The average molecular weight is 379 g/mol. The van der Waals surface area contributed by atoms with Crippen molar-refractivity contribution >= 4 is 27.6 Å². The number of hydrogen-bond donors (Lipinski definition) is 1. The maximum atomic E-state index is 11.6. The molecule has 1 atom stereocenters. The standard InChI is InChI=1S/C17H22N4O2S2/c1-25(22,23)21-8-7-15(12-21)9-19-16-10-18-11-17(20-16)24-13-14-5-3-2-4-6-14/h2-6,10-11,15H,7-9,12-13H2,1H3,(H,19,20). The number of benzene rings is 1. The van der Waals surface area contributed by atoms with Crippen LogP contribution < -0.4 is 5.32 Å². The lowest BCUT2D eigenvalue weighted by Gasteiger charge is -2.14. The highest BCUT2D eigenvalue weighted by Crippen LogP contribution is 2.22. The lowest BCUT2D eigenvalue weighted by atomic mass is 10.1. The summed E-state index contributed by atoms with van der Waals surface area (Å²) in [6.07, 6.45) is 5.60. The van der Waals surface area contributed by atoms with Gasteiger partial charge in [-0.25, -0.2) is 17.7 Å². The van der Waals surface area contributed by atoms with Crippen molar-refractivity contribution in [2.45, 2.75) is 17.2 Å². The van der Waals surface area contributed by atoms with Crippen LogP contribution in [0.4, 0.5) is 5.82 Å². The summed E-state index contributed by atoms with van der Waals surface area (Å²) >= 11 is 1.65. The minimum absolute atomic E-state index is 0.303. The Morgan fingerprint density at radius 1 is 1.28 bits per heavy atom. The van der Waals surface area contributed by atoms with Gasteiger partial charge in [0.1, 0.15) is 10.8 Å². The summed E-state index contributed by atoms with van der Waals surface area (Å²) in [5, 5.41) is 4.16. The van der Waals surface area contributed by atoms with Crippen molar-refractivity contribution in [1.82, 2.24) is 14.3 Å². The van der Waals surface area contributed by atoms with Gasteiger partial charge >= 0.3 is 0 Å². The molecule has 0 spiro atoms. The molecule has 3 rings (SSSR count). The Bertz CT molecular complexity index is 799. The third-order valence-electron chi connectivity index (χ3n) is 4.13. The molecule has 1 N–H and O–H groups in total. The van der Waals surface area contributed by atoms with Gasteiger partial charge < -0.3 is 5.32 Å². The van der Waals surface area contributed by atoms with Crippen LogP contribution in [0.15, 0.2) is 47.8 Å². The first-order valence-corrected chi connectivity index (χ1v) is 11.0. The second kappa shape index (κ2) is 8.16. The van der Waals surface area contributed by atoms with Gasteiger partial charge in [-0.15, -0.1) is 11.8 Å². The van der Waals surface area contributed by atoms with Crippen LogP contribution in [0.2, 0.25) is 0 Å². The van der Waals surface area contributed by atoms with Crippen LogP contribution in [0.5, 0.6) is 0 Å². The zero-order chi connectivity index (χ0) is 17.7. The molecule has 1 fully saturated rings. The molecule has 0 saturated carbocycles. The van der Waals surface area contributed by atoms with Crippen LogP contribution in [-0.2, 0) is 15.8 Å². The Labute approximate surface area is 153 Å². The van der Waals surface area contributed by atoms with E-state index in [9.17, 15) is 8.42 Å². The molecule has 6 nitrogen and oxygen atoms in total. The summed E-state index contributed by atoms with van der Waals surface area (Å²) < 4.78 is 24.7. The summed E-state index contributed by atoms with van der Waals surface area (Å²) in [4.78, 5) is 8.82. The Balaban J connectivity index is 1.50. The molecule has 1 aliphatic heterocycles. The number of nitrogens with one attached hydrogen (secondary N) is 1. The molecule has 0 bridgehead atoms. The van der Waals surface area contributed by atoms with Gasteiger partial charge in [-0.1, -0.05) is 30.3 Å². The van der Waals surface area contributed by atoms with E-state index in [0.717, 1.165) is 23.0 Å². The molecule has 0 radical (unpaired) electrons. The Kier molecular flexibility index (Phi) is 5.93. The van der Waals surface area contributed by atoms with Crippen LogP contribution in [-0.4, -0.2) is 48.6 Å². The van der Waals surface area contributed by atoms with E-state index in [-0.39, 0.29) is 0 Å². The minimum atomic E-state index is -3.08. The average Bonchev–Trinajstić information content (AvgIpc) is 3.09. The lowest BCUT2D eigenvalue weighted by molar-refractivity contribution is 0.466. The Hall–Kier alpha value is -1.64. The van der Waals surface area contributed by atoms with E-state index >= 15 is 0 Å². The maximum Gasteiger partial charge on any atom is 0.211 e. The number of nitrogens with zero attached hydrogens (tertiary/aromatic N) is 3. The molecule has 1 aromatic carbocycles. The van der Waals surface area contributed by atoms with E-state index in [0.29, 0.717) is 25.6 Å². The second-order valence-corrected chi connectivity index (χ2v) is 9.15. The van der Waals surface area contributed by atoms with Gasteiger partial charge in [0.15, 0.2) is 0 Å². The van der Waals surface area contributed by atoms with Crippen molar-refractivity contribution in [2.75, 3.05) is 31.2 Å². The van der Waals surface area contributed by atoms with Gasteiger partial charge in [-0.3, -0.25) is 4.98 Å². The van der Waals surface area contributed by atoms with Crippen LogP contribution in [0.1, 0.15) is 12.0 Å². The van der Waals surface area contributed by atoms with E-state index < -0.39 is 10.0 Å². The smallest absolute Gasteiger partial charge is 0.211 e. The molecule has 0 aliphatic carbocycles. The van der Waals surface area contributed by atoms with E-state index in [1.54, 1.807) is 24.2 Å². The summed E-state index contributed by atoms with van der Waals surface area (Å²) in [5.41, 5.74) is 1.25. The highest BCUT2D eigenvalue weighted by atomic mass is 32.2. The fraction of sp³-hybridized carbons (Fsp3) is 0.412. The van der Waals surface area contributed by atoms with Crippen molar-refractivity contribution < 1.29 is 8.42 Å². The molecule has 8 heteroatoms. The zero-order valence-corrected chi connectivity index (χ0v) is 15.8. The third kappa shape index (κ3) is 5.42. The Morgan fingerprint density at radius 2 is 2.08 bits per heavy atom. The molecule has 1 saturated heterocycles. The predicted molar refractivity (Wildman–Crippen MR) is 101 cm³/mol. The molecule has 0 amide bonds. The van der Waals surface area contributed by atoms with Gasteiger partial charge in [-0.2, -0.15) is 0 Å². The number of anilines is 1. The Morgan fingerprint density at radius 3 is 2.80 bits per heavy atom. The summed E-state index contributed by atoms with van der Waals surface area (Å²) in [6, 6.07) is 10.3. The molecular weight excluding hydrogens is 356 g/mol. The summed E-state index contributed by atoms with van der Waals surface area (Å²) in [6.45, 7) is 1.87. The highest BCUT2D eigenvalue weighted by molar-refractivity contribution is 7.98. The number of rotatable bonds is 7. The van der Waals surface area contributed by atoms with Crippen LogP contribution in [0, 0.1) is 5.92 Å². The molecule has 2 aromatic rings. The van der Waals surface area contributed by atoms with E-state index in [2.05, 4.69) is 27.4 Å². The molecule has 134 valence electrons. The molecule has 25 heavy (non-hydrogen) atoms. The van der Waals surface area contributed by atoms with Crippen molar-refractivity contribution in [3.8, 4) is 0 Å². The number of hydrogen-bond acceptors (Lipinski definition) is 6. The maximum absolute atomic E-state index is 11.6. The first-order valence-electron chi connectivity index (χ1n) is 8.18. The molecule has 1 aliphatic rings. The number of sulfonamides is 1. The second-order valence-electron chi connectivity index (χ2n) is 6.17. The fourth-order valence-corrected chi connectivity index (χ4v) is 4.47. The molecule has 1 unspecified atom stereocenters. The summed E-state index contributed by atoms with van der Waals surface area (Å²) in [5.74, 6) is 1.89. The molecule has 2 heterocycles. The van der Waals surface area contributed by atoms with Crippen LogP contribution in [0.3, 0.4) is 0 Å². The van der Waals surface area contributed by atoms with Crippen molar-refractivity contribution in [3.63, 3.8) is 0 Å². The van der Waals surface area contributed by atoms with E-state index in [4.69, 9.17) is 0 Å². The first-order chi connectivity index (χ1) is 12.0. The van der Waals surface area contributed by atoms with Gasteiger partial charge in [0.25, 0.3) is 0 Å². The highest BCUT2D eigenvalue weighted by Gasteiger charge is 2.28. The number of thioether (sulfide) groups is 1. The van der Waals surface area contributed by atoms with Gasteiger partial charge in [0, 0.05) is 25.4 Å². The monoisotopic (exact) mass is 378 g/mol. The van der Waals surface area contributed by atoms with Gasteiger partial charge in [0.05, 0.1) is 18.6 Å². The van der Waals surface area contributed by atoms with Crippen LogP contribution >= 0.6 is 11.8 Å². The largest absolute Gasteiger partial charge is 0.368 e. The predicted octanol–water partition coefficient (Wildman–Crippen LogP) is 2.46.